The van der Waals surface area contributed by atoms with E-state index in [2.05, 4.69) is 31.1 Å². The lowest BCUT2D eigenvalue weighted by molar-refractivity contribution is 0.0954. The minimum Gasteiger partial charge on any atom is -0.497 e. The smallest absolute Gasteiger partial charge is 0.251 e. The van der Waals surface area contributed by atoms with Crippen molar-refractivity contribution in [1.29, 1.82) is 0 Å². The number of carbonyl (C=O) groups excluding carboxylic acids is 1. The van der Waals surface area contributed by atoms with Crippen LogP contribution in [0, 0.1) is 0 Å². The highest BCUT2D eigenvalue weighted by Crippen LogP contribution is 2.22. The highest BCUT2D eigenvalue weighted by molar-refractivity contribution is 5.95. The van der Waals surface area contributed by atoms with Gasteiger partial charge in [-0.2, -0.15) is 0 Å². The van der Waals surface area contributed by atoms with Crippen LogP contribution in [0.2, 0.25) is 0 Å². The van der Waals surface area contributed by atoms with E-state index in [-0.39, 0.29) is 5.91 Å². The van der Waals surface area contributed by atoms with Crippen LogP contribution < -0.4 is 25.4 Å². The van der Waals surface area contributed by atoms with E-state index in [0.717, 1.165) is 5.69 Å². The van der Waals surface area contributed by atoms with Gasteiger partial charge in [0, 0.05) is 30.9 Å². The fourth-order valence-corrected chi connectivity index (χ4v) is 2.48. The van der Waals surface area contributed by atoms with Gasteiger partial charge in [-0.1, -0.05) is 0 Å². The molecule has 3 aromatic rings. The molecule has 0 radical (unpaired) electrons. The molecule has 0 unspecified atom stereocenters. The number of amides is 1. The second-order valence-electron chi connectivity index (χ2n) is 5.95. The fraction of sp³-hybridized carbons (Fsp3) is 0.200. The Balaban J connectivity index is 1.46. The first kappa shape index (κ1) is 19.9. The lowest BCUT2D eigenvalue weighted by Gasteiger charge is -2.10. The van der Waals surface area contributed by atoms with Crippen LogP contribution in [0.15, 0.2) is 54.9 Å². The molecule has 3 rings (SSSR count). The maximum absolute atomic E-state index is 12.3. The van der Waals surface area contributed by atoms with Crippen LogP contribution in [0.1, 0.15) is 10.4 Å². The largest absolute Gasteiger partial charge is 0.497 e. The summed E-state index contributed by atoms with van der Waals surface area (Å²) in [5.74, 6) is 2.12. The molecular weight excluding hydrogens is 372 g/mol. The monoisotopic (exact) mass is 394 g/mol. The highest BCUT2D eigenvalue weighted by atomic mass is 16.5. The van der Waals surface area contributed by atoms with Gasteiger partial charge in [0.25, 0.3) is 5.91 Å². The molecular formula is C20H22N6O3. The first-order chi connectivity index (χ1) is 14.2. The van der Waals surface area contributed by atoms with Gasteiger partial charge in [-0.25, -0.2) is 0 Å². The number of benzene rings is 1. The Morgan fingerprint density at radius 2 is 1.69 bits per heavy atom. The van der Waals surface area contributed by atoms with Crippen molar-refractivity contribution in [2.24, 2.45) is 0 Å². The second kappa shape index (κ2) is 9.88. The van der Waals surface area contributed by atoms with Gasteiger partial charge >= 0.3 is 0 Å². The molecule has 0 spiro atoms. The van der Waals surface area contributed by atoms with Crippen LogP contribution in [-0.4, -0.2) is 48.4 Å². The predicted molar refractivity (Wildman–Crippen MR) is 110 cm³/mol. The number of hydrogen-bond acceptors (Lipinski definition) is 8. The Hall–Kier alpha value is -3.88. The van der Waals surface area contributed by atoms with E-state index in [1.165, 1.54) is 0 Å². The van der Waals surface area contributed by atoms with Crippen molar-refractivity contribution < 1.29 is 14.3 Å². The number of rotatable bonds is 9. The molecule has 9 nitrogen and oxygen atoms in total. The number of nitrogens with zero attached hydrogens (tertiary/aromatic N) is 3. The third kappa shape index (κ3) is 5.80. The summed E-state index contributed by atoms with van der Waals surface area (Å²) in [7, 11) is 3.08. The summed E-state index contributed by atoms with van der Waals surface area (Å²) in [5, 5.41) is 17.3. The van der Waals surface area contributed by atoms with Crippen LogP contribution in [-0.2, 0) is 0 Å². The summed E-state index contributed by atoms with van der Waals surface area (Å²) in [6, 6.07) is 12.4. The van der Waals surface area contributed by atoms with Gasteiger partial charge in [0.15, 0.2) is 5.82 Å². The molecule has 0 saturated heterocycles. The molecule has 0 bridgehead atoms. The lowest BCUT2D eigenvalue weighted by atomic mass is 10.2. The molecule has 0 aliphatic heterocycles. The quantitative estimate of drug-likeness (QED) is 0.475. The van der Waals surface area contributed by atoms with Crippen molar-refractivity contribution in [3.8, 4) is 11.5 Å². The van der Waals surface area contributed by atoms with E-state index in [9.17, 15) is 4.79 Å². The number of methoxy groups -OCH3 is 2. The van der Waals surface area contributed by atoms with Crippen molar-refractivity contribution in [3.05, 3.63) is 60.4 Å². The minimum atomic E-state index is -0.217. The van der Waals surface area contributed by atoms with E-state index < -0.39 is 0 Å². The number of ether oxygens (including phenoxy) is 2. The molecule has 1 amide bonds. The molecule has 150 valence electrons. The molecule has 9 heteroatoms. The zero-order chi connectivity index (χ0) is 20.5. The summed E-state index contributed by atoms with van der Waals surface area (Å²) in [5.41, 5.74) is 1.30. The van der Waals surface area contributed by atoms with Gasteiger partial charge in [-0.3, -0.25) is 9.78 Å². The molecule has 0 fully saturated rings. The zero-order valence-electron chi connectivity index (χ0n) is 16.2. The minimum absolute atomic E-state index is 0.217. The molecule has 2 aromatic heterocycles. The standard InChI is InChI=1S/C20H22N6O3/c1-28-16-10-14(11-17(12-16)29-2)20(27)23-9-8-22-18-5-6-19(26-25-18)24-15-4-3-7-21-13-15/h3-7,10-13H,8-9H2,1-2H3,(H,22,25)(H,23,27)(H,24,26). The average molecular weight is 394 g/mol. The SMILES string of the molecule is COc1cc(OC)cc(C(=O)NCCNc2ccc(Nc3cccnc3)nn2)c1. The molecule has 0 aliphatic rings. The van der Waals surface area contributed by atoms with Gasteiger partial charge in [0.2, 0.25) is 0 Å². The van der Waals surface area contributed by atoms with Gasteiger partial charge in [-0.05, 0) is 36.4 Å². The maximum atomic E-state index is 12.3. The van der Waals surface area contributed by atoms with E-state index in [1.54, 1.807) is 50.9 Å². The van der Waals surface area contributed by atoms with Crippen molar-refractivity contribution in [1.82, 2.24) is 20.5 Å². The Kier molecular flexibility index (Phi) is 6.77. The molecule has 0 saturated carbocycles. The average Bonchev–Trinajstić information content (AvgIpc) is 2.78. The zero-order valence-corrected chi connectivity index (χ0v) is 16.2. The Morgan fingerprint density at radius 3 is 2.31 bits per heavy atom. The topological polar surface area (TPSA) is 110 Å². The summed E-state index contributed by atoms with van der Waals surface area (Å²) >= 11 is 0. The fourth-order valence-electron chi connectivity index (χ4n) is 2.48. The number of carbonyl (C=O) groups is 1. The number of anilines is 3. The van der Waals surface area contributed by atoms with Crippen LogP contribution in [0.25, 0.3) is 0 Å². The summed E-state index contributed by atoms with van der Waals surface area (Å²) in [4.78, 5) is 16.4. The second-order valence-corrected chi connectivity index (χ2v) is 5.95. The first-order valence-electron chi connectivity index (χ1n) is 8.94. The molecule has 29 heavy (non-hydrogen) atoms. The normalized spacial score (nSPS) is 10.1. The Labute approximate surface area is 168 Å². The number of pyridine rings is 1. The van der Waals surface area contributed by atoms with E-state index >= 15 is 0 Å². The summed E-state index contributed by atoms with van der Waals surface area (Å²) in [6.45, 7) is 0.909. The van der Waals surface area contributed by atoms with E-state index in [1.807, 2.05) is 18.2 Å². The van der Waals surface area contributed by atoms with Gasteiger partial charge < -0.3 is 25.4 Å². The predicted octanol–water partition coefficient (Wildman–Crippen LogP) is 2.47. The van der Waals surface area contributed by atoms with Crippen LogP contribution >= 0.6 is 0 Å². The summed E-state index contributed by atoms with van der Waals surface area (Å²) in [6.07, 6.45) is 3.40. The highest BCUT2D eigenvalue weighted by Gasteiger charge is 2.09. The van der Waals surface area contributed by atoms with Crippen molar-refractivity contribution in [2.75, 3.05) is 37.9 Å². The number of hydrogen-bond donors (Lipinski definition) is 3. The molecule has 2 heterocycles. The van der Waals surface area contributed by atoms with Gasteiger partial charge in [0.1, 0.15) is 17.3 Å². The van der Waals surface area contributed by atoms with Crippen molar-refractivity contribution >= 4 is 23.2 Å². The van der Waals surface area contributed by atoms with Crippen molar-refractivity contribution in [3.63, 3.8) is 0 Å². The van der Waals surface area contributed by atoms with Gasteiger partial charge in [0.05, 0.1) is 26.1 Å². The van der Waals surface area contributed by atoms with Crippen LogP contribution in [0.3, 0.4) is 0 Å². The summed E-state index contributed by atoms with van der Waals surface area (Å²) < 4.78 is 10.4. The van der Waals surface area contributed by atoms with E-state index in [4.69, 9.17) is 9.47 Å². The Bertz CT molecular complexity index is 912. The Morgan fingerprint density at radius 1 is 0.966 bits per heavy atom. The molecule has 3 N–H and O–H groups in total. The third-order valence-electron chi connectivity index (χ3n) is 3.93. The van der Waals surface area contributed by atoms with Gasteiger partial charge in [-0.15, -0.1) is 10.2 Å². The lowest BCUT2D eigenvalue weighted by Crippen LogP contribution is -2.29. The maximum Gasteiger partial charge on any atom is 0.251 e. The third-order valence-corrected chi connectivity index (χ3v) is 3.93. The van der Waals surface area contributed by atoms with Crippen LogP contribution in [0.4, 0.5) is 17.3 Å². The molecule has 1 aromatic carbocycles. The molecule has 0 aliphatic carbocycles. The van der Waals surface area contributed by atoms with Crippen molar-refractivity contribution in [2.45, 2.75) is 0 Å². The van der Waals surface area contributed by atoms with Crippen LogP contribution in [0.5, 0.6) is 11.5 Å². The number of nitrogens with one attached hydrogen (secondary N) is 3. The first-order valence-corrected chi connectivity index (χ1v) is 8.94. The molecule has 0 atom stereocenters. The number of aromatic nitrogens is 3. The van der Waals surface area contributed by atoms with E-state index in [0.29, 0.717) is 41.8 Å².